The van der Waals surface area contributed by atoms with Crippen molar-refractivity contribution in [1.82, 2.24) is 10.6 Å². The molecule has 2 rings (SSSR count). The Balaban J connectivity index is 2.15. The summed E-state index contributed by atoms with van der Waals surface area (Å²) in [5, 5.41) is 15.4. The summed E-state index contributed by atoms with van der Waals surface area (Å²) in [5.74, 6) is -0.853. The first-order chi connectivity index (χ1) is 9.63. The van der Waals surface area contributed by atoms with E-state index in [0.29, 0.717) is 23.3 Å². The minimum Gasteiger partial charge on any atom is -0.478 e. The summed E-state index contributed by atoms with van der Waals surface area (Å²) < 4.78 is 5.53. The van der Waals surface area contributed by atoms with E-state index in [1.165, 1.54) is 0 Å². The third-order valence-electron chi connectivity index (χ3n) is 2.83. The summed E-state index contributed by atoms with van der Waals surface area (Å²) in [5.41, 5.74) is 0.670. The number of amides is 1. The van der Waals surface area contributed by atoms with Crippen molar-refractivity contribution in [1.29, 1.82) is 0 Å². The van der Waals surface area contributed by atoms with Crippen LogP contribution in [0.1, 0.15) is 23.0 Å². The summed E-state index contributed by atoms with van der Waals surface area (Å²) >= 11 is 0. The van der Waals surface area contributed by atoms with Gasteiger partial charge >= 0.3 is 5.97 Å². The Morgan fingerprint density at radius 2 is 2.05 bits per heavy atom. The zero-order chi connectivity index (χ0) is 14.5. The predicted molar refractivity (Wildman–Crippen MR) is 73.6 cm³/mol. The fourth-order valence-corrected chi connectivity index (χ4v) is 2.00. The monoisotopic (exact) mass is 276 g/mol. The number of carboxylic acid groups (broad SMARTS) is 1. The Kier molecular flexibility index (Phi) is 4.37. The van der Waals surface area contributed by atoms with Crippen molar-refractivity contribution in [2.75, 3.05) is 13.1 Å². The molecule has 2 aromatic rings. The summed E-state index contributed by atoms with van der Waals surface area (Å²) in [6, 6.07) is 6.96. The van der Waals surface area contributed by atoms with E-state index in [4.69, 9.17) is 4.42 Å². The van der Waals surface area contributed by atoms with Crippen molar-refractivity contribution in [2.24, 2.45) is 0 Å². The second-order valence-corrected chi connectivity index (χ2v) is 4.26. The first-order valence-electron chi connectivity index (χ1n) is 6.34. The molecular formula is C14H16N2O4. The van der Waals surface area contributed by atoms with Crippen LogP contribution >= 0.6 is 0 Å². The molecule has 0 fully saturated rings. The van der Waals surface area contributed by atoms with Crippen molar-refractivity contribution in [3.05, 3.63) is 35.6 Å². The number of benzene rings is 1. The fourth-order valence-electron chi connectivity index (χ4n) is 2.00. The lowest BCUT2D eigenvalue weighted by Gasteiger charge is -2.03. The molecule has 1 heterocycles. The summed E-state index contributed by atoms with van der Waals surface area (Å²) in [6.45, 7) is 2.70. The van der Waals surface area contributed by atoms with E-state index in [1.54, 1.807) is 24.3 Å². The number of carbonyl (C=O) groups excluding carboxylic acids is 1. The highest BCUT2D eigenvalue weighted by molar-refractivity contribution is 6.03. The Morgan fingerprint density at radius 3 is 2.75 bits per heavy atom. The smallest absolute Gasteiger partial charge is 0.339 e. The van der Waals surface area contributed by atoms with Crippen LogP contribution in [0.2, 0.25) is 0 Å². The topological polar surface area (TPSA) is 91.6 Å². The fraction of sp³-hybridized carbons (Fsp3) is 0.286. The second kappa shape index (κ2) is 6.21. The molecule has 0 saturated carbocycles. The number of carbonyl (C=O) groups is 2. The minimum atomic E-state index is -1.04. The van der Waals surface area contributed by atoms with Crippen LogP contribution in [0.3, 0.4) is 0 Å². The second-order valence-electron chi connectivity index (χ2n) is 4.26. The lowest BCUT2D eigenvalue weighted by Crippen LogP contribution is -2.33. The zero-order valence-corrected chi connectivity index (χ0v) is 11.1. The van der Waals surface area contributed by atoms with Crippen LogP contribution in [0.5, 0.6) is 0 Å². The van der Waals surface area contributed by atoms with Crippen molar-refractivity contribution in [2.45, 2.75) is 13.5 Å². The molecular weight excluding hydrogens is 260 g/mol. The summed E-state index contributed by atoms with van der Waals surface area (Å²) in [4.78, 5) is 22.6. The molecule has 0 aliphatic heterocycles. The number of rotatable bonds is 6. The van der Waals surface area contributed by atoms with Crippen LogP contribution in [0.15, 0.2) is 28.7 Å². The molecule has 3 N–H and O–H groups in total. The quantitative estimate of drug-likeness (QED) is 0.741. The standard InChI is InChI=1S/C14H16N2O4/c1-2-16-12(17)8-15-7-11-13(14(18)19)9-5-3-4-6-10(9)20-11/h3-6,15H,2,7-8H2,1H3,(H,16,17)(H,18,19). The van der Waals surface area contributed by atoms with E-state index < -0.39 is 5.97 Å². The van der Waals surface area contributed by atoms with Crippen molar-refractivity contribution >= 4 is 22.8 Å². The highest BCUT2D eigenvalue weighted by Gasteiger charge is 2.19. The number of aromatic carboxylic acids is 1. The van der Waals surface area contributed by atoms with Crippen LogP contribution in [0.25, 0.3) is 11.0 Å². The van der Waals surface area contributed by atoms with Gasteiger partial charge in [-0.1, -0.05) is 18.2 Å². The van der Waals surface area contributed by atoms with Gasteiger partial charge < -0.3 is 20.2 Å². The normalized spacial score (nSPS) is 10.7. The highest BCUT2D eigenvalue weighted by atomic mass is 16.4. The number of para-hydroxylation sites is 1. The molecule has 0 aliphatic carbocycles. The molecule has 6 nitrogen and oxygen atoms in total. The van der Waals surface area contributed by atoms with Gasteiger partial charge in [-0.2, -0.15) is 0 Å². The number of likely N-dealkylation sites (N-methyl/N-ethyl adjacent to an activating group) is 1. The van der Waals surface area contributed by atoms with E-state index in [2.05, 4.69) is 10.6 Å². The molecule has 1 aromatic carbocycles. The lowest BCUT2D eigenvalue weighted by atomic mass is 10.1. The molecule has 1 amide bonds. The van der Waals surface area contributed by atoms with Crippen LogP contribution in [0.4, 0.5) is 0 Å². The molecule has 0 bridgehead atoms. The highest BCUT2D eigenvalue weighted by Crippen LogP contribution is 2.25. The van der Waals surface area contributed by atoms with Crippen molar-refractivity contribution < 1.29 is 19.1 Å². The van der Waals surface area contributed by atoms with Crippen LogP contribution < -0.4 is 10.6 Å². The maximum Gasteiger partial charge on any atom is 0.339 e. The van der Waals surface area contributed by atoms with Crippen LogP contribution in [-0.4, -0.2) is 30.1 Å². The number of furan rings is 1. The third kappa shape index (κ3) is 2.97. The first-order valence-corrected chi connectivity index (χ1v) is 6.34. The average molecular weight is 276 g/mol. The van der Waals surface area contributed by atoms with Gasteiger partial charge in [0.2, 0.25) is 5.91 Å². The molecule has 106 valence electrons. The van der Waals surface area contributed by atoms with Gasteiger partial charge in [-0.3, -0.25) is 4.79 Å². The molecule has 0 spiro atoms. The Bertz CT molecular complexity index is 633. The van der Waals surface area contributed by atoms with Gasteiger partial charge in [-0.05, 0) is 13.0 Å². The summed E-state index contributed by atoms with van der Waals surface area (Å²) in [6.07, 6.45) is 0. The molecule has 0 atom stereocenters. The largest absolute Gasteiger partial charge is 0.478 e. The van der Waals surface area contributed by atoms with E-state index >= 15 is 0 Å². The Hall–Kier alpha value is -2.34. The van der Waals surface area contributed by atoms with Gasteiger partial charge in [-0.25, -0.2) is 4.79 Å². The molecule has 6 heteroatoms. The third-order valence-corrected chi connectivity index (χ3v) is 2.83. The predicted octanol–water partition coefficient (Wildman–Crippen LogP) is 1.36. The van der Waals surface area contributed by atoms with Crippen molar-refractivity contribution in [3.8, 4) is 0 Å². The van der Waals surface area contributed by atoms with Gasteiger partial charge in [0.05, 0.1) is 13.1 Å². The molecule has 0 aliphatic rings. The van der Waals surface area contributed by atoms with Crippen LogP contribution in [0, 0.1) is 0 Å². The first kappa shape index (κ1) is 14.1. The number of nitrogens with one attached hydrogen (secondary N) is 2. The van der Waals surface area contributed by atoms with E-state index in [9.17, 15) is 14.7 Å². The molecule has 0 saturated heterocycles. The van der Waals surface area contributed by atoms with Crippen molar-refractivity contribution in [3.63, 3.8) is 0 Å². The lowest BCUT2D eigenvalue weighted by molar-refractivity contribution is -0.120. The number of hydrogen-bond donors (Lipinski definition) is 3. The van der Waals surface area contributed by atoms with Crippen LogP contribution in [-0.2, 0) is 11.3 Å². The van der Waals surface area contributed by atoms with Gasteiger partial charge in [0, 0.05) is 11.9 Å². The molecule has 0 radical (unpaired) electrons. The molecule has 20 heavy (non-hydrogen) atoms. The number of carboxylic acids is 1. The maximum atomic E-state index is 11.3. The zero-order valence-electron chi connectivity index (χ0n) is 11.1. The van der Waals surface area contributed by atoms with Gasteiger partial charge in [0.15, 0.2) is 0 Å². The SMILES string of the molecule is CCNC(=O)CNCc1oc2ccccc2c1C(=O)O. The Labute approximate surface area is 115 Å². The minimum absolute atomic E-state index is 0.115. The van der Waals surface area contributed by atoms with E-state index in [-0.39, 0.29) is 24.6 Å². The van der Waals surface area contributed by atoms with E-state index in [0.717, 1.165) is 0 Å². The average Bonchev–Trinajstić information content (AvgIpc) is 2.77. The van der Waals surface area contributed by atoms with Gasteiger partial charge in [-0.15, -0.1) is 0 Å². The molecule has 1 aromatic heterocycles. The van der Waals surface area contributed by atoms with Gasteiger partial charge in [0.25, 0.3) is 0 Å². The number of hydrogen-bond acceptors (Lipinski definition) is 4. The summed E-state index contributed by atoms with van der Waals surface area (Å²) in [7, 11) is 0. The number of fused-ring (bicyclic) bond motifs is 1. The van der Waals surface area contributed by atoms with E-state index in [1.807, 2.05) is 6.92 Å². The Morgan fingerprint density at radius 1 is 1.30 bits per heavy atom. The van der Waals surface area contributed by atoms with Gasteiger partial charge in [0.1, 0.15) is 16.9 Å². The maximum absolute atomic E-state index is 11.3. The molecule has 0 unspecified atom stereocenters.